The summed E-state index contributed by atoms with van der Waals surface area (Å²) in [6.45, 7) is 4.75. The van der Waals surface area contributed by atoms with E-state index in [4.69, 9.17) is 10.5 Å². The van der Waals surface area contributed by atoms with Gasteiger partial charge in [-0.05, 0) is 50.0 Å². The van der Waals surface area contributed by atoms with Crippen molar-refractivity contribution in [2.75, 3.05) is 32.8 Å². The molecule has 1 atom stereocenters. The fraction of sp³-hybridized carbons (Fsp3) is 0.667. The van der Waals surface area contributed by atoms with Gasteiger partial charge < -0.3 is 26.0 Å². The largest absolute Gasteiger partial charge is 0.381 e. The highest BCUT2D eigenvalue weighted by Crippen LogP contribution is 2.38. The minimum Gasteiger partial charge on any atom is -0.381 e. The Morgan fingerprint density at radius 3 is 2.31 bits per heavy atom. The molecule has 1 aromatic rings. The Bertz CT molecular complexity index is 857. The van der Waals surface area contributed by atoms with E-state index in [1.165, 1.54) is 0 Å². The van der Waals surface area contributed by atoms with Crippen LogP contribution in [-0.2, 0) is 25.5 Å². The van der Waals surface area contributed by atoms with Crippen LogP contribution in [0.1, 0.15) is 56.9 Å². The first-order valence-electron chi connectivity index (χ1n) is 13.2. The van der Waals surface area contributed by atoms with E-state index in [9.17, 15) is 14.4 Å². The Morgan fingerprint density at radius 2 is 1.69 bits per heavy atom. The third-order valence-electron chi connectivity index (χ3n) is 8.06. The van der Waals surface area contributed by atoms with Gasteiger partial charge in [-0.3, -0.25) is 14.4 Å². The SMILES string of the molecule is NC(=O)C1(C(=O)N[C@H](Cc2ccccc2)C(=O)NC2CCN(CC3CCOCC3)CC2)CCCC1. The molecule has 2 heterocycles. The smallest absolute Gasteiger partial charge is 0.243 e. The van der Waals surface area contributed by atoms with Crippen molar-refractivity contribution in [3.8, 4) is 0 Å². The standard InChI is InChI=1S/C27H40N4O4/c28-25(33)27(12-4-5-13-27)26(34)30-23(18-20-6-2-1-3-7-20)24(32)29-22-8-14-31(15-9-22)19-21-10-16-35-17-11-21/h1-3,6-7,21-23H,4-5,8-19H2,(H2,28,33)(H,29,32)(H,30,34)/t23-/m1/s1. The van der Waals surface area contributed by atoms with Gasteiger partial charge in [-0.2, -0.15) is 0 Å². The van der Waals surface area contributed by atoms with Gasteiger partial charge in [0.1, 0.15) is 11.5 Å². The van der Waals surface area contributed by atoms with Crippen molar-refractivity contribution in [2.45, 2.75) is 69.9 Å². The molecule has 0 unspecified atom stereocenters. The van der Waals surface area contributed by atoms with Crippen molar-refractivity contribution >= 4 is 17.7 Å². The molecule has 8 heteroatoms. The molecule has 3 amide bonds. The third kappa shape index (κ3) is 6.61. The zero-order valence-corrected chi connectivity index (χ0v) is 20.7. The summed E-state index contributed by atoms with van der Waals surface area (Å²) in [5.41, 5.74) is 5.41. The number of piperidine rings is 1. The lowest BCUT2D eigenvalue weighted by Gasteiger charge is -2.36. The van der Waals surface area contributed by atoms with Gasteiger partial charge in [0.15, 0.2) is 0 Å². The summed E-state index contributed by atoms with van der Waals surface area (Å²) in [5, 5.41) is 6.09. The third-order valence-corrected chi connectivity index (χ3v) is 8.06. The highest BCUT2D eigenvalue weighted by atomic mass is 16.5. The van der Waals surface area contributed by atoms with Crippen LogP contribution in [0.5, 0.6) is 0 Å². The highest BCUT2D eigenvalue weighted by Gasteiger charge is 2.47. The summed E-state index contributed by atoms with van der Waals surface area (Å²) in [4.78, 5) is 41.3. The van der Waals surface area contributed by atoms with Crippen LogP contribution in [0.2, 0.25) is 0 Å². The van der Waals surface area contributed by atoms with E-state index in [1.54, 1.807) is 0 Å². The average Bonchev–Trinajstić information content (AvgIpc) is 3.38. The number of primary amides is 1. The Labute approximate surface area is 208 Å². The second kappa shape index (κ2) is 12.0. The van der Waals surface area contributed by atoms with E-state index in [2.05, 4.69) is 15.5 Å². The van der Waals surface area contributed by atoms with Crippen molar-refractivity contribution in [1.82, 2.24) is 15.5 Å². The van der Waals surface area contributed by atoms with Crippen molar-refractivity contribution < 1.29 is 19.1 Å². The summed E-state index contributed by atoms with van der Waals surface area (Å²) in [6, 6.07) is 8.99. The van der Waals surface area contributed by atoms with Crippen LogP contribution in [0.25, 0.3) is 0 Å². The lowest BCUT2D eigenvalue weighted by Crippen LogP contribution is -2.57. The van der Waals surface area contributed by atoms with Gasteiger partial charge in [-0.15, -0.1) is 0 Å². The Hall–Kier alpha value is -2.45. The van der Waals surface area contributed by atoms with Crippen molar-refractivity contribution in [3.63, 3.8) is 0 Å². The first-order chi connectivity index (χ1) is 17.0. The van der Waals surface area contributed by atoms with Gasteiger partial charge >= 0.3 is 0 Å². The molecule has 35 heavy (non-hydrogen) atoms. The van der Waals surface area contributed by atoms with Crippen molar-refractivity contribution in [3.05, 3.63) is 35.9 Å². The number of nitrogens with one attached hydrogen (secondary N) is 2. The van der Waals surface area contributed by atoms with Crippen LogP contribution < -0.4 is 16.4 Å². The summed E-state index contributed by atoms with van der Waals surface area (Å²) in [5.74, 6) is -0.496. The lowest BCUT2D eigenvalue weighted by atomic mass is 9.84. The average molecular weight is 485 g/mol. The van der Waals surface area contributed by atoms with E-state index in [0.29, 0.717) is 25.2 Å². The summed E-state index contributed by atoms with van der Waals surface area (Å²) in [7, 11) is 0. The molecule has 1 saturated carbocycles. The molecule has 1 aliphatic carbocycles. The maximum atomic E-state index is 13.4. The van der Waals surface area contributed by atoms with E-state index < -0.39 is 23.3 Å². The van der Waals surface area contributed by atoms with E-state index in [-0.39, 0.29) is 11.9 Å². The fourth-order valence-corrected chi connectivity index (χ4v) is 5.78. The number of rotatable bonds is 9. The summed E-state index contributed by atoms with van der Waals surface area (Å²) >= 11 is 0. The van der Waals surface area contributed by atoms with Crippen LogP contribution in [-0.4, -0.2) is 67.6 Å². The second-order valence-corrected chi connectivity index (χ2v) is 10.5. The Kier molecular flexibility index (Phi) is 8.78. The number of likely N-dealkylation sites (tertiary alicyclic amines) is 1. The zero-order chi connectivity index (χ0) is 24.7. The second-order valence-electron chi connectivity index (χ2n) is 10.5. The van der Waals surface area contributed by atoms with Gasteiger partial charge in [0.2, 0.25) is 17.7 Å². The molecule has 3 aliphatic rings. The predicted octanol–water partition coefficient (Wildman–Crippen LogP) is 1.77. The zero-order valence-electron chi connectivity index (χ0n) is 20.7. The fourth-order valence-electron chi connectivity index (χ4n) is 5.78. The van der Waals surface area contributed by atoms with E-state index in [1.807, 2.05) is 30.3 Å². The van der Waals surface area contributed by atoms with Gasteiger partial charge in [0.25, 0.3) is 0 Å². The molecular weight excluding hydrogens is 444 g/mol. The van der Waals surface area contributed by atoms with Crippen LogP contribution in [0.3, 0.4) is 0 Å². The molecule has 0 aromatic heterocycles. The Morgan fingerprint density at radius 1 is 1.03 bits per heavy atom. The van der Waals surface area contributed by atoms with Gasteiger partial charge in [-0.25, -0.2) is 0 Å². The number of amides is 3. The van der Waals surface area contributed by atoms with Crippen molar-refractivity contribution in [1.29, 1.82) is 0 Å². The molecule has 192 valence electrons. The summed E-state index contributed by atoms with van der Waals surface area (Å²) < 4.78 is 5.47. The highest BCUT2D eigenvalue weighted by molar-refractivity contribution is 6.05. The number of nitrogens with zero attached hydrogens (tertiary/aromatic N) is 1. The number of benzene rings is 1. The molecular formula is C27H40N4O4. The number of nitrogens with two attached hydrogens (primary N) is 1. The number of hydrogen-bond acceptors (Lipinski definition) is 5. The minimum atomic E-state index is -1.20. The van der Waals surface area contributed by atoms with Crippen LogP contribution in [0.15, 0.2) is 30.3 Å². The molecule has 3 fully saturated rings. The quantitative estimate of drug-likeness (QED) is 0.462. The molecule has 8 nitrogen and oxygen atoms in total. The number of carbonyl (C=O) groups is 3. The number of hydrogen-bond donors (Lipinski definition) is 3. The minimum absolute atomic E-state index is 0.0835. The first-order valence-corrected chi connectivity index (χ1v) is 13.2. The van der Waals surface area contributed by atoms with Gasteiger partial charge in [-0.1, -0.05) is 43.2 Å². The normalized spacial score (nSPS) is 22.4. The van der Waals surface area contributed by atoms with Gasteiger partial charge in [0.05, 0.1) is 0 Å². The van der Waals surface area contributed by atoms with Crippen LogP contribution >= 0.6 is 0 Å². The first kappa shape index (κ1) is 25.6. The predicted molar refractivity (Wildman–Crippen MR) is 133 cm³/mol. The molecule has 2 aliphatic heterocycles. The van der Waals surface area contributed by atoms with Gasteiger partial charge in [0, 0.05) is 45.3 Å². The van der Waals surface area contributed by atoms with Crippen LogP contribution in [0.4, 0.5) is 0 Å². The van der Waals surface area contributed by atoms with Crippen LogP contribution in [0, 0.1) is 11.3 Å². The maximum absolute atomic E-state index is 13.4. The topological polar surface area (TPSA) is 114 Å². The molecule has 4 N–H and O–H groups in total. The monoisotopic (exact) mass is 484 g/mol. The van der Waals surface area contributed by atoms with E-state index in [0.717, 1.165) is 76.9 Å². The molecule has 0 spiro atoms. The lowest BCUT2D eigenvalue weighted by molar-refractivity contribution is -0.143. The Balaban J connectivity index is 1.35. The molecule has 0 bridgehead atoms. The number of carbonyl (C=O) groups excluding carboxylic acids is 3. The number of ether oxygens (including phenoxy) is 1. The molecule has 4 rings (SSSR count). The maximum Gasteiger partial charge on any atom is 0.243 e. The summed E-state index contributed by atoms with van der Waals surface area (Å²) in [6.07, 6.45) is 6.89. The molecule has 2 saturated heterocycles. The van der Waals surface area contributed by atoms with E-state index >= 15 is 0 Å². The molecule has 0 radical (unpaired) electrons. The molecule has 1 aromatic carbocycles. The van der Waals surface area contributed by atoms with Crippen molar-refractivity contribution in [2.24, 2.45) is 17.1 Å².